The molecular formula is C16H14S. The first-order valence-corrected chi connectivity index (χ1v) is 6.38. The highest BCUT2D eigenvalue weighted by Gasteiger charge is 1.91. The zero-order chi connectivity index (χ0) is 11.9. The summed E-state index contributed by atoms with van der Waals surface area (Å²) in [5, 5.41) is 2.08. The normalized spacial score (nSPS) is 11.3. The SMILES string of the molecule is C=Cc1ccccc1/C=C\C=C\c1cccs1. The number of rotatable bonds is 4. The standard InChI is InChI=1S/C16H14S/c1-2-14-8-3-4-9-15(14)10-5-6-11-16-12-7-13-17-16/h2-13H,1H2/b10-5-,11-6+. The van der Waals surface area contributed by atoms with Crippen LogP contribution in [0.4, 0.5) is 0 Å². The second-order valence-electron chi connectivity index (χ2n) is 3.57. The molecule has 0 saturated heterocycles. The molecule has 0 aliphatic carbocycles. The number of thiophene rings is 1. The fraction of sp³-hybridized carbons (Fsp3) is 0. The van der Waals surface area contributed by atoms with Crippen LogP contribution >= 0.6 is 11.3 Å². The minimum Gasteiger partial charge on any atom is -0.144 e. The lowest BCUT2D eigenvalue weighted by molar-refractivity contribution is 1.61. The van der Waals surface area contributed by atoms with Crippen molar-refractivity contribution in [1.29, 1.82) is 0 Å². The van der Waals surface area contributed by atoms with E-state index < -0.39 is 0 Å². The summed E-state index contributed by atoms with van der Waals surface area (Å²) < 4.78 is 0. The fourth-order valence-corrected chi connectivity index (χ4v) is 2.17. The Bertz CT molecular complexity index is 530. The summed E-state index contributed by atoms with van der Waals surface area (Å²) in [5.41, 5.74) is 2.35. The van der Waals surface area contributed by atoms with E-state index in [1.54, 1.807) is 11.3 Å². The van der Waals surface area contributed by atoms with E-state index in [1.165, 1.54) is 10.4 Å². The van der Waals surface area contributed by atoms with Gasteiger partial charge in [-0.2, -0.15) is 0 Å². The van der Waals surface area contributed by atoms with Crippen molar-refractivity contribution in [2.75, 3.05) is 0 Å². The Morgan fingerprint density at radius 1 is 0.882 bits per heavy atom. The van der Waals surface area contributed by atoms with Crippen LogP contribution in [0.5, 0.6) is 0 Å². The maximum atomic E-state index is 3.81. The largest absolute Gasteiger partial charge is 0.144 e. The van der Waals surface area contributed by atoms with Crippen molar-refractivity contribution in [2.24, 2.45) is 0 Å². The predicted octanol–water partition coefficient (Wildman–Crippen LogP) is 5.12. The Morgan fingerprint density at radius 3 is 2.35 bits per heavy atom. The highest BCUT2D eigenvalue weighted by Crippen LogP contribution is 2.13. The maximum absolute atomic E-state index is 3.81. The average Bonchev–Trinajstić information content (AvgIpc) is 2.88. The molecule has 84 valence electrons. The van der Waals surface area contributed by atoms with Gasteiger partial charge in [0, 0.05) is 4.88 Å². The van der Waals surface area contributed by atoms with Crippen molar-refractivity contribution in [3.8, 4) is 0 Å². The quantitative estimate of drug-likeness (QED) is 0.649. The van der Waals surface area contributed by atoms with Crippen LogP contribution in [0.2, 0.25) is 0 Å². The predicted molar refractivity (Wildman–Crippen MR) is 78.9 cm³/mol. The van der Waals surface area contributed by atoms with Crippen LogP contribution in [0.15, 0.2) is 60.5 Å². The smallest absolute Gasteiger partial charge is 0.0270 e. The lowest BCUT2D eigenvalue weighted by Crippen LogP contribution is -1.77. The highest BCUT2D eigenvalue weighted by molar-refractivity contribution is 7.10. The minimum atomic E-state index is 1.16. The molecule has 0 fully saturated rings. The van der Waals surface area contributed by atoms with Crippen LogP contribution in [0.1, 0.15) is 16.0 Å². The lowest BCUT2D eigenvalue weighted by atomic mass is 10.1. The molecule has 2 aromatic rings. The van der Waals surface area contributed by atoms with Gasteiger partial charge in [0.1, 0.15) is 0 Å². The van der Waals surface area contributed by atoms with Gasteiger partial charge in [-0.15, -0.1) is 11.3 Å². The molecule has 1 aromatic carbocycles. The van der Waals surface area contributed by atoms with Gasteiger partial charge in [0.05, 0.1) is 0 Å². The van der Waals surface area contributed by atoms with Crippen molar-refractivity contribution in [1.82, 2.24) is 0 Å². The van der Waals surface area contributed by atoms with Gasteiger partial charge in [-0.1, -0.05) is 61.2 Å². The molecule has 0 amide bonds. The summed E-state index contributed by atoms with van der Waals surface area (Å²) in [6.07, 6.45) is 10.2. The Hall–Kier alpha value is -1.86. The van der Waals surface area contributed by atoms with E-state index in [4.69, 9.17) is 0 Å². The topological polar surface area (TPSA) is 0 Å². The Labute approximate surface area is 106 Å². The number of hydrogen-bond donors (Lipinski definition) is 0. The van der Waals surface area contributed by atoms with E-state index in [0.717, 1.165) is 5.56 Å². The molecule has 1 heterocycles. The van der Waals surface area contributed by atoms with E-state index >= 15 is 0 Å². The third kappa shape index (κ3) is 3.30. The zero-order valence-electron chi connectivity index (χ0n) is 9.54. The number of allylic oxidation sites excluding steroid dienone is 2. The molecule has 0 spiro atoms. The average molecular weight is 238 g/mol. The molecule has 0 unspecified atom stereocenters. The van der Waals surface area contributed by atoms with Crippen LogP contribution in [-0.4, -0.2) is 0 Å². The summed E-state index contributed by atoms with van der Waals surface area (Å²) in [6, 6.07) is 12.4. The molecule has 0 saturated carbocycles. The Morgan fingerprint density at radius 2 is 1.65 bits per heavy atom. The third-order valence-corrected chi connectivity index (χ3v) is 3.24. The molecule has 0 radical (unpaired) electrons. The fourth-order valence-electron chi connectivity index (χ4n) is 1.54. The molecule has 0 bridgehead atoms. The van der Waals surface area contributed by atoms with Crippen LogP contribution in [0.25, 0.3) is 18.2 Å². The number of hydrogen-bond acceptors (Lipinski definition) is 1. The summed E-state index contributed by atoms with van der Waals surface area (Å²) in [5.74, 6) is 0. The highest BCUT2D eigenvalue weighted by atomic mass is 32.1. The number of benzene rings is 1. The van der Waals surface area contributed by atoms with Gasteiger partial charge >= 0.3 is 0 Å². The van der Waals surface area contributed by atoms with Gasteiger partial charge in [0.15, 0.2) is 0 Å². The van der Waals surface area contributed by atoms with Crippen LogP contribution < -0.4 is 0 Å². The molecular weight excluding hydrogens is 224 g/mol. The van der Waals surface area contributed by atoms with Gasteiger partial charge in [0.25, 0.3) is 0 Å². The Balaban J connectivity index is 2.08. The summed E-state index contributed by atoms with van der Waals surface area (Å²) in [6.45, 7) is 3.81. The summed E-state index contributed by atoms with van der Waals surface area (Å²) in [7, 11) is 0. The van der Waals surface area contributed by atoms with Crippen LogP contribution in [0, 0.1) is 0 Å². The van der Waals surface area contributed by atoms with Gasteiger partial charge < -0.3 is 0 Å². The summed E-state index contributed by atoms with van der Waals surface area (Å²) >= 11 is 1.74. The van der Waals surface area contributed by atoms with Crippen molar-refractivity contribution >= 4 is 29.6 Å². The van der Waals surface area contributed by atoms with Crippen LogP contribution in [0.3, 0.4) is 0 Å². The first-order chi connectivity index (χ1) is 8.40. The Kier molecular flexibility index (Phi) is 4.11. The first-order valence-electron chi connectivity index (χ1n) is 5.50. The third-order valence-electron chi connectivity index (χ3n) is 2.41. The van der Waals surface area contributed by atoms with E-state index in [9.17, 15) is 0 Å². The van der Waals surface area contributed by atoms with Crippen molar-refractivity contribution in [2.45, 2.75) is 0 Å². The molecule has 0 aliphatic rings. The molecule has 0 aliphatic heterocycles. The van der Waals surface area contributed by atoms with Crippen molar-refractivity contribution < 1.29 is 0 Å². The first kappa shape index (κ1) is 11.6. The van der Waals surface area contributed by atoms with Gasteiger partial charge in [-0.3, -0.25) is 0 Å². The lowest BCUT2D eigenvalue weighted by Gasteiger charge is -1.97. The molecule has 0 nitrogen and oxygen atoms in total. The van der Waals surface area contributed by atoms with E-state index in [-0.39, 0.29) is 0 Å². The second kappa shape index (κ2) is 6.02. The molecule has 1 aromatic heterocycles. The van der Waals surface area contributed by atoms with Crippen LogP contribution in [-0.2, 0) is 0 Å². The molecule has 2 rings (SSSR count). The van der Waals surface area contributed by atoms with Gasteiger partial charge in [0.2, 0.25) is 0 Å². The monoisotopic (exact) mass is 238 g/mol. The maximum Gasteiger partial charge on any atom is 0.0270 e. The van der Waals surface area contributed by atoms with E-state index in [0.29, 0.717) is 0 Å². The second-order valence-corrected chi connectivity index (χ2v) is 4.55. The van der Waals surface area contributed by atoms with Crippen molar-refractivity contribution in [3.63, 3.8) is 0 Å². The molecule has 1 heteroatoms. The zero-order valence-corrected chi connectivity index (χ0v) is 10.4. The molecule has 0 N–H and O–H groups in total. The van der Waals surface area contributed by atoms with E-state index in [2.05, 4.69) is 60.5 Å². The van der Waals surface area contributed by atoms with Gasteiger partial charge in [-0.25, -0.2) is 0 Å². The van der Waals surface area contributed by atoms with E-state index in [1.807, 2.05) is 18.2 Å². The minimum absolute atomic E-state index is 1.16. The van der Waals surface area contributed by atoms with Gasteiger partial charge in [-0.05, 0) is 28.6 Å². The summed E-state index contributed by atoms with van der Waals surface area (Å²) in [4.78, 5) is 1.27. The molecule has 17 heavy (non-hydrogen) atoms. The van der Waals surface area contributed by atoms with Crippen molar-refractivity contribution in [3.05, 3.63) is 76.5 Å². The molecule has 0 atom stereocenters.